The molecular formula is C19H21NO4S. The van der Waals surface area contributed by atoms with Crippen LogP contribution in [0.1, 0.15) is 22.8 Å². The third kappa shape index (κ3) is 4.78. The molecule has 2 aromatic carbocycles. The zero-order valence-electron chi connectivity index (χ0n) is 14.3. The lowest BCUT2D eigenvalue weighted by molar-refractivity contribution is 0.101. The van der Waals surface area contributed by atoms with Gasteiger partial charge in [-0.25, -0.2) is 8.42 Å². The van der Waals surface area contributed by atoms with Crippen LogP contribution >= 0.6 is 0 Å². The Morgan fingerprint density at radius 1 is 1.12 bits per heavy atom. The van der Waals surface area contributed by atoms with Gasteiger partial charge in [-0.05, 0) is 36.8 Å². The Balaban J connectivity index is 2.11. The van der Waals surface area contributed by atoms with E-state index >= 15 is 0 Å². The van der Waals surface area contributed by atoms with Crippen LogP contribution in [0.3, 0.4) is 0 Å². The molecule has 2 aromatic rings. The molecule has 0 N–H and O–H groups in total. The van der Waals surface area contributed by atoms with Crippen molar-refractivity contribution in [3.8, 4) is 5.75 Å². The predicted octanol–water partition coefficient (Wildman–Crippen LogP) is 3.27. The smallest absolute Gasteiger partial charge is 0.243 e. The number of carbonyl (C=O) groups excluding carboxylic acids is 1. The average molecular weight is 359 g/mol. The molecule has 0 heterocycles. The van der Waals surface area contributed by atoms with E-state index in [0.717, 1.165) is 5.56 Å². The SMILES string of the molecule is C=CCOc1ccc(CN(C)S(=O)(=O)c2ccc(C(C)=O)cc2)cc1. The maximum absolute atomic E-state index is 12.6. The predicted molar refractivity (Wildman–Crippen MR) is 97.2 cm³/mol. The van der Waals surface area contributed by atoms with Crippen LogP contribution in [0.15, 0.2) is 66.1 Å². The largest absolute Gasteiger partial charge is 0.490 e. The van der Waals surface area contributed by atoms with Crippen LogP contribution in [0.25, 0.3) is 0 Å². The van der Waals surface area contributed by atoms with E-state index in [2.05, 4.69) is 6.58 Å². The van der Waals surface area contributed by atoms with Crippen molar-refractivity contribution < 1.29 is 17.9 Å². The molecule has 0 aliphatic heterocycles. The van der Waals surface area contributed by atoms with Crippen LogP contribution in [0.5, 0.6) is 5.75 Å². The van der Waals surface area contributed by atoms with Gasteiger partial charge in [0.25, 0.3) is 0 Å². The van der Waals surface area contributed by atoms with Gasteiger partial charge in [-0.15, -0.1) is 0 Å². The van der Waals surface area contributed by atoms with E-state index in [9.17, 15) is 13.2 Å². The van der Waals surface area contributed by atoms with Crippen molar-refractivity contribution in [2.24, 2.45) is 0 Å². The molecule has 5 nitrogen and oxygen atoms in total. The van der Waals surface area contributed by atoms with Gasteiger partial charge < -0.3 is 4.74 Å². The van der Waals surface area contributed by atoms with Crippen molar-refractivity contribution in [3.63, 3.8) is 0 Å². The van der Waals surface area contributed by atoms with Gasteiger partial charge in [0.05, 0.1) is 4.90 Å². The summed E-state index contributed by atoms with van der Waals surface area (Å²) in [6, 6.07) is 13.2. The van der Waals surface area contributed by atoms with Crippen LogP contribution in [0.2, 0.25) is 0 Å². The third-order valence-electron chi connectivity index (χ3n) is 3.67. The molecule has 2 rings (SSSR count). The molecule has 0 aliphatic rings. The van der Waals surface area contributed by atoms with Crippen molar-refractivity contribution in [2.45, 2.75) is 18.4 Å². The summed E-state index contributed by atoms with van der Waals surface area (Å²) in [6.07, 6.45) is 1.66. The summed E-state index contributed by atoms with van der Waals surface area (Å²) < 4.78 is 31.9. The molecule has 0 atom stereocenters. The highest BCUT2D eigenvalue weighted by Gasteiger charge is 2.21. The lowest BCUT2D eigenvalue weighted by Gasteiger charge is -2.17. The maximum atomic E-state index is 12.6. The molecule has 0 saturated carbocycles. The molecule has 132 valence electrons. The van der Waals surface area contributed by atoms with Gasteiger partial charge in [0.15, 0.2) is 5.78 Å². The van der Waals surface area contributed by atoms with E-state index in [1.54, 1.807) is 18.2 Å². The first kappa shape index (κ1) is 18.9. The molecule has 6 heteroatoms. The van der Waals surface area contributed by atoms with Gasteiger partial charge >= 0.3 is 0 Å². The zero-order chi connectivity index (χ0) is 18.4. The molecule has 0 saturated heterocycles. The quantitative estimate of drug-likeness (QED) is 0.536. The number of ether oxygens (including phenoxy) is 1. The van der Waals surface area contributed by atoms with Gasteiger partial charge in [0.2, 0.25) is 10.0 Å². The fourth-order valence-corrected chi connectivity index (χ4v) is 3.39. The monoisotopic (exact) mass is 359 g/mol. The summed E-state index contributed by atoms with van der Waals surface area (Å²) in [4.78, 5) is 11.5. The third-order valence-corrected chi connectivity index (χ3v) is 5.48. The van der Waals surface area contributed by atoms with E-state index in [0.29, 0.717) is 17.9 Å². The Hall–Kier alpha value is -2.44. The second kappa shape index (κ2) is 8.09. The number of ketones is 1. The fourth-order valence-electron chi connectivity index (χ4n) is 2.23. The van der Waals surface area contributed by atoms with Gasteiger partial charge in [-0.2, -0.15) is 4.31 Å². The highest BCUT2D eigenvalue weighted by Crippen LogP contribution is 2.19. The van der Waals surface area contributed by atoms with E-state index in [4.69, 9.17) is 4.74 Å². The molecule has 0 aromatic heterocycles. The highest BCUT2D eigenvalue weighted by molar-refractivity contribution is 7.89. The molecule has 0 fully saturated rings. The van der Waals surface area contributed by atoms with Gasteiger partial charge in [0, 0.05) is 19.2 Å². The molecule has 0 unspecified atom stereocenters. The summed E-state index contributed by atoms with van der Waals surface area (Å²) in [5.41, 5.74) is 1.33. The standard InChI is InChI=1S/C19H21NO4S/c1-4-13-24-18-9-5-16(6-10-18)14-20(3)25(22,23)19-11-7-17(8-12-19)15(2)21/h4-12H,1,13-14H2,2-3H3. The second-order valence-corrected chi connectivity index (χ2v) is 7.63. The molecule has 0 radical (unpaired) electrons. The average Bonchev–Trinajstić information content (AvgIpc) is 2.61. The second-order valence-electron chi connectivity index (χ2n) is 5.59. The number of sulfonamides is 1. The van der Waals surface area contributed by atoms with Crippen LogP contribution in [0, 0.1) is 0 Å². The van der Waals surface area contributed by atoms with Gasteiger partial charge in [-0.1, -0.05) is 36.9 Å². The van der Waals surface area contributed by atoms with Crippen molar-refractivity contribution >= 4 is 15.8 Å². The lowest BCUT2D eigenvalue weighted by atomic mass is 10.2. The van der Waals surface area contributed by atoms with Crippen LogP contribution < -0.4 is 4.74 Å². The summed E-state index contributed by atoms with van der Waals surface area (Å²) in [6.45, 7) is 5.68. The number of benzene rings is 2. The summed E-state index contributed by atoms with van der Waals surface area (Å²) >= 11 is 0. The molecule has 0 spiro atoms. The van der Waals surface area contributed by atoms with Crippen LogP contribution in [-0.4, -0.2) is 32.2 Å². The number of hydrogen-bond acceptors (Lipinski definition) is 4. The van der Waals surface area contributed by atoms with E-state index in [-0.39, 0.29) is 17.2 Å². The normalized spacial score (nSPS) is 11.3. The minimum absolute atomic E-state index is 0.101. The number of hydrogen-bond donors (Lipinski definition) is 0. The first-order chi connectivity index (χ1) is 11.8. The van der Waals surface area contributed by atoms with Gasteiger partial charge in [0.1, 0.15) is 12.4 Å². The maximum Gasteiger partial charge on any atom is 0.243 e. The van der Waals surface area contributed by atoms with Crippen molar-refractivity contribution in [1.82, 2.24) is 4.31 Å². The minimum Gasteiger partial charge on any atom is -0.490 e. The number of Topliss-reactive ketones (excluding diaryl/α,β-unsaturated/α-hetero) is 1. The Morgan fingerprint density at radius 2 is 1.72 bits per heavy atom. The van der Waals surface area contributed by atoms with Gasteiger partial charge in [-0.3, -0.25) is 4.79 Å². The number of carbonyl (C=O) groups is 1. The molecule has 0 amide bonds. The Labute approximate surface area is 148 Å². The highest BCUT2D eigenvalue weighted by atomic mass is 32.2. The number of nitrogens with zero attached hydrogens (tertiary/aromatic N) is 1. The first-order valence-electron chi connectivity index (χ1n) is 7.74. The molecule has 0 aliphatic carbocycles. The molecule has 0 bridgehead atoms. The minimum atomic E-state index is -3.63. The van der Waals surface area contributed by atoms with Crippen molar-refractivity contribution in [2.75, 3.05) is 13.7 Å². The summed E-state index contributed by atoms with van der Waals surface area (Å²) in [5, 5.41) is 0. The fraction of sp³-hybridized carbons (Fsp3) is 0.211. The summed E-state index contributed by atoms with van der Waals surface area (Å²) in [7, 11) is -2.10. The van der Waals surface area contributed by atoms with E-state index in [1.807, 2.05) is 12.1 Å². The lowest BCUT2D eigenvalue weighted by Crippen LogP contribution is -2.26. The Kier molecular flexibility index (Phi) is 6.12. The first-order valence-corrected chi connectivity index (χ1v) is 9.18. The van der Waals surface area contributed by atoms with Crippen molar-refractivity contribution in [1.29, 1.82) is 0 Å². The summed E-state index contributed by atoms with van der Waals surface area (Å²) in [5.74, 6) is 0.602. The van der Waals surface area contributed by atoms with Crippen LogP contribution in [0.4, 0.5) is 0 Å². The molecule has 25 heavy (non-hydrogen) atoms. The number of rotatable bonds is 8. The van der Waals surface area contributed by atoms with E-state index < -0.39 is 10.0 Å². The van der Waals surface area contributed by atoms with E-state index in [1.165, 1.54) is 42.5 Å². The van der Waals surface area contributed by atoms with Crippen LogP contribution in [-0.2, 0) is 16.6 Å². The van der Waals surface area contributed by atoms with Crippen molar-refractivity contribution in [3.05, 3.63) is 72.3 Å². The Morgan fingerprint density at radius 3 is 2.24 bits per heavy atom. The zero-order valence-corrected chi connectivity index (χ0v) is 15.1. The Bertz CT molecular complexity index is 840. The molecular weight excluding hydrogens is 338 g/mol. The topological polar surface area (TPSA) is 63.7 Å².